The summed E-state index contributed by atoms with van der Waals surface area (Å²) in [5.41, 5.74) is 0. The van der Waals surface area contributed by atoms with Crippen LogP contribution in [0.15, 0.2) is 0 Å². The molecule has 0 atom stereocenters. The van der Waals surface area contributed by atoms with Gasteiger partial charge in [-0.05, 0) is 6.42 Å². The third-order valence-corrected chi connectivity index (χ3v) is 4.30. The molecule has 0 amide bonds. The van der Waals surface area contributed by atoms with E-state index in [1.54, 1.807) is 0 Å². The van der Waals surface area contributed by atoms with E-state index in [2.05, 4.69) is 6.92 Å². The Morgan fingerprint density at radius 3 is 1.22 bits per heavy atom. The van der Waals surface area contributed by atoms with Gasteiger partial charge in [-0.15, -0.1) is 0 Å². The quantitative estimate of drug-likeness (QED) is 0.185. The molecule has 0 aliphatic rings. The number of hydrogen-bond acceptors (Lipinski definition) is 2. The normalized spacial score (nSPS) is 10.3. The van der Waals surface area contributed by atoms with Crippen LogP contribution in [0.3, 0.4) is 0 Å². The van der Waals surface area contributed by atoms with Gasteiger partial charge in [0.25, 0.3) is 0 Å². The molecule has 0 saturated carbocycles. The average Bonchev–Trinajstić information content (AvgIpc) is 2.50. The first-order valence-corrected chi connectivity index (χ1v) is 9.90. The molecule has 0 aromatic heterocycles. The van der Waals surface area contributed by atoms with Gasteiger partial charge in [0.1, 0.15) is 0 Å². The Labute approximate surface area is 175 Å². The molecule has 0 radical (unpaired) electrons. The summed E-state index contributed by atoms with van der Waals surface area (Å²) in [5, 5.41) is 0. The first kappa shape index (κ1) is 26.0. The number of carbonyl (C=O) groups excluding carboxylic acids is 1. The molecule has 0 rings (SSSR count). The van der Waals surface area contributed by atoms with Crippen molar-refractivity contribution in [2.45, 2.75) is 117 Å². The van der Waals surface area contributed by atoms with Crippen molar-refractivity contribution in [1.82, 2.24) is 0 Å². The number of unbranched alkanes of at least 4 members (excludes halogenated alkanes) is 15. The van der Waals surface area contributed by atoms with Crippen molar-refractivity contribution >= 4 is 43.7 Å². The van der Waals surface area contributed by atoms with Gasteiger partial charge in [-0.3, -0.25) is 4.79 Å². The molecule has 0 aliphatic heterocycles. The SMILES string of the molecule is CCCCCCCCCCCCCCCCCCOC(C)=O.[CaH2]. The van der Waals surface area contributed by atoms with Crippen LogP contribution in [0.4, 0.5) is 0 Å². The number of ether oxygens (including phenoxy) is 1. The standard InChI is InChI=1S/C20H40O2.Ca.2H/c1-3-4-5-6-7-8-9-10-11-12-13-14-15-16-17-18-19-22-20(2)21;;;/h3-19H2,1-2H3;;;. The summed E-state index contributed by atoms with van der Waals surface area (Å²) in [6.45, 7) is 4.36. The van der Waals surface area contributed by atoms with E-state index < -0.39 is 0 Å². The van der Waals surface area contributed by atoms with Crippen LogP contribution in [-0.4, -0.2) is 50.3 Å². The van der Waals surface area contributed by atoms with Gasteiger partial charge in [-0.2, -0.15) is 0 Å². The monoisotopic (exact) mass is 354 g/mol. The molecular formula is C20H42CaO2. The van der Waals surface area contributed by atoms with Gasteiger partial charge in [0.15, 0.2) is 0 Å². The van der Waals surface area contributed by atoms with Crippen molar-refractivity contribution in [3.63, 3.8) is 0 Å². The minimum atomic E-state index is -0.152. The molecule has 136 valence electrons. The van der Waals surface area contributed by atoms with E-state index in [-0.39, 0.29) is 43.7 Å². The molecule has 0 bridgehead atoms. The number of rotatable bonds is 17. The van der Waals surface area contributed by atoms with Crippen molar-refractivity contribution in [2.75, 3.05) is 6.61 Å². The molecule has 0 N–H and O–H groups in total. The van der Waals surface area contributed by atoms with E-state index in [0.717, 1.165) is 6.42 Å². The molecule has 0 fully saturated rings. The predicted molar refractivity (Wildman–Crippen MR) is 105 cm³/mol. The van der Waals surface area contributed by atoms with Gasteiger partial charge in [0.05, 0.1) is 6.61 Å². The fourth-order valence-corrected chi connectivity index (χ4v) is 2.87. The summed E-state index contributed by atoms with van der Waals surface area (Å²) in [5.74, 6) is -0.152. The van der Waals surface area contributed by atoms with Crippen LogP contribution in [-0.2, 0) is 9.53 Å². The van der Waals surface area contributed by atoms with Gasteiger partial charge in [0.2, 0.25) is 0 Å². The van der Waals surface area contributed by atoms with Crippen molar-refractivity contribution < 1.29 is 9.53 Å². The second-order valence-electron chi connectivity index (χ2n) is 6.64. The van der Waals surface area contributed by atoms with Crippen LogP contribution in [0.1, 0.15) is 117 Å². The van der Waals surface area contributed by atoms with Crippen LogP contribution in [0, 0.1) is 0 Å². The van der Waals surface area contributed by atoms with Crippen LogP contribution in [0.25, 0.3) is 0 Å². The molecule has 0 unspecified atom stereocenters. The molecule has 0 aromatic rings. The van der Waals surface area contributed by atoms with E-state index in [1.165, 1.54) is 103 Å². The van der Waals surface area contributed by atoms with E-state index >= 15 is 0 Å². The molecule has 0 spiro atoms. The summed E-state index contributed by atoms with van der Waals surface area (Å²) >= 11 is 0. The minimum absolute atomic E-state index is 0. The molecular weight excluding hydrogens is 312 g/mol. The maximum absolute atomic E-state index is 10.6. The van der Waals surface area contributed by atoms with Gasteiger partial charge in [-0.25, -0.2) is 0 Å². The molecule has 23 heavy (non-hydrogen) atoms. The van der Waals surface area contributed by atoms with Gasteiger partial charge >= 0.3 is 43.7 Å². The fourth-order valence-electron chi connectivity index (χ4n) is 2.87. The van der Waals surface area contributed by atoms with E-state index in [4.69, 9.17) is 4.74 Å². The zero-order chi connectivity index (χ0) is 16.3. The molecule has 3 heteroatoms. The Balaban J connectivity index is 0. The zero-order valence-electron chi connectivity index (χ0n) is 15.3. The molecule has 0 heterocycles. The number of carbonyl (C=O) groups is 1. The van der Waals surface area contributed by atoms with Crippen LogP contribution < -0.4 is 0 Å². The molecule has 0 saturated heterocycles. The van der Waals surface area contributed by atoms with Crippen LogP contribution in [0.2, 0.25) is 0 Å². The summed E-state index contributed by atoms with van der Waals surface area (Å²) < 4.78 is 4.92. The van der Waals surface area contributed by atoms with Gasteiger partial charge in [-0.1, -0.05) is 103 Å². The predicted octanol–water partition coefficient (Wildman–Crippen LogP) is 5.89. The molecule has 0 aliphatic carbocycles. The summed E-state index contributed by atoms with van der Waals surface area (Å²) in [6, 6.07) is 0. The average molecular weight is 355 g/mol. The van der Waals surface area contributed by atoms with Crippen molar-refractivity contribution in [3.8, 4) is 0 Å². The third kappa shape index (κ3) is 25.1. The second-order valence-corrected chi connectivity index (χ2v) is 6.64. The zero-order valence-corrected chi connectivity index (χ0v) is 15.3. The van der Waals surface area contributed by atoms with Gasteiger partial charge < -0.3 is 4.74 Å². The Morgan fingerprint density at radius 2 is 0.913 bits per heavy atom. The van der Waals surface area contributed by atoms with Crippen molar-refractivity contribution in [2.24, 2.45) is 0 Å². The Morgan fingerprint density at radius 1 is 0.609 bits per heavy atom. The maximum atomic E-state index is 10.6. The first-order valence-electron chi connectivity index (χ1n) is 9.90. The summed E-state index contributed by atoms with van der Waals surface area (Å²) in [4.78, 5) is 10.6. The van der Waals surface area contributed by atoms with E-state index in [9.17, 15) is 4.79 Å². The Kier molecular flexibility index (Phi) is 25.7. The Bertz CT molecular complexity index is 232. The number of hydrogen-bond donors (Lipinski definition) is 0. The first-order chi connectivity index (χ1) is 10.8. The number of esters is 1. The second kappa shape index (κ2) is 22.7. The van der Waals surface area contributed by atoms with E-state index in [0.29, 0.717) is 6.61 Å². The summed E-state index contributed by atoms with van der Waals surface area (Å²) in [7, 11) is 0. The topological polar surface area (TPSA) is 26.3 Å². The summed E-state index contributed by atoms with van der Waals surface area (Å²) in [6.07, 6.45) is 22.0. The molecule has 2 nitrogen and oxygen atoms in total. The van der Waals surface area contributed by atoms with Crippen molar-refractivity contribution in [3.05, 3.63) is 0 Å². The van der Waals surface area contributed by atoms with Crippen LogP contribution in [0.5, 0.6) is 0 Å². The van der Waals surface area contributed by atoms with Gasteiger partial charge in [0, 0.05) is 6.92 Å². The van der Waals surface area contributed by atoms with E-state index in [1.807, 2.05) is 0 Å². The van der Waals surface area contributed by atoms with Crippen LogP contribution >= 0.6 is 0 Å². The fraction of sp³-hybridized carbons (Fsp3) is 0.950. The Hall–Kier alpha value is 0.730. The van der Waals surface area contributed by atoms with Crippen molar-refractivity contribution in [1.29, 1.82) is 0 Å². The molecule has 0 aromatic carbocycles. The third-order valence-electron chi connectivity index (χ3n) is 4.30.